The summed E-state index contributed by atoms with van der Waals surface area (Å²) in [6.45, 7) is 6.26. The van der Waals surface area contributed by atoms with E-state index in [2.05, 4.69) is 10.1 Å². The lowest BCUT2D eigenvalue weighted by Crippen LogP contribution is -2.25. The number of rotatable bonds is 4. The van der Waals surface area contributed by atoms with Crippen molar-refractivity contribution in [3.63, 3.8) is 0 Å². The lowest BCUT2D eigenvalue weighted by Gasteiger charge is -2.11. The van der Waals surface area contributed by atoms with Crippen molar-refractivity contribution >= 4 is 23.9 Å². The van der Waals surface area contributed by atoms with Crippen LogP contribution in [0.1, 0.15) is 30.5 Å². The van der Waals surface area contributed by atoms with Crippen LogP contribution in [0, 0.1) is 13.8 Å². The molecule has 0 radical (unpaired) electrons. The van der Waals surface area contributed by atoms with Crippen LogP contribution < -0.4 is 10.1 Å². The van der Waals surface area contributed by atoms with Crippen LogP contribution in [-0.2, 0) is 19.1 Å². The van der Waals surface area contributed by atoms with Gasteiger partial charge in [-0.2, -0.15) is 0 Å². The Morgan fingerprint density at radius 1 is 1.09 bits per heavy atom. The molecule has 0 heterocycles. The van der Waals surface area contributed by atoms with Gasteiger partial charge < -0.3 is 14.8 Å². The van der Waals surface area contributed by atoms with Crippen molar-refractivity contribution in [3.05, 3.63) is 34.5 Å². The predicted molar refractivity (Wildman–Crippen MR) is 81.0 cm³/mol. The molecular weight excluding hydrogens is 286 g/mol. The van der Waals surface area contributed by atoms with Gasteiger partial charge in [0.25, 0.3) is 0 Å². The normalized spacial score (nSPS) is 10.9. The number of carbonyl (C=O) groups excluding carboxylic acids is 3. The van der Waals surface area contributed by atoms with Crippen LogP contribution in [0.5, 0.6) is 5.75 Å². The van der Waals surface area contributed by atoms with Gasteiger partial charge >= 0.3 is 11.9 Å². The maximum Gasteiger partial charge on any atom is 0.354 e. The van der Waals surface area contributed by atoms with E-state index < -0.39 is 11.9 Å². The fourth-order valence-electron chi connectivity index (χ4n) is 1.98. The Morgan fingerprint density at radius 3 is 2.05 bits per heavy atom. The Morgan fingerprint density at radius 2 is 1.64 bits per heavy atom. The van der Waals surface area contributed by atoms with Crippen molar-refractivity contribution in [2.24, 2.45) is 0 Å². The van der Waals surface area contributed by atoms with Gasteiger partial charge in [0, 0.05) is 13.8 Å². The van der Waals surface area contributed by atoms with Crippen molar-refractivity contribution in [2.45, 2.75) is 27.7 Å². The maximum atomic E-state index is 11.7. The average Bonchev–Trinajstić information content (AvgIpc) is 2.39. The quantitative estimate of drug-likeness (QED) is 0.522. The highest BCUT2D eigenvalue weighted by molar-refractivity contribution is 5.97. The van der Waals surface area contributed by atoms with E-state index in [-0.39, 0.29) is 11.6 Å². The molecule has 0 aliphatic rings. The van der Waals surface area contributed by atoms with Crippen molar-refractivity contribution in [1.29, 1.82) is 0 Å². The SMILES string of the molecule is COC(=O)/C(=C\c1c(C)cc(OC(C)=O)cc1C)NC(C)=O. The molecule has 1 rings (SSSR count). The maximum absolute atomic E-state index is 11.7. The number of nitrogens with one attached hydrogen (secondary N) is 1. The van der Waals surface area contributed by atoms with Crippen LogP contribution >= 0.6 is 0 Å². The van der Waals surface area contributed by atoms with E-state index in [0.29, 0.717) is 5.75 Å². The molecule has 1 aromatic carbocycles. The van der Waals surface area contributed by atoms with Gasteiger partial charge in [-0.15, -0.1) is 0 Å². The Labute approximate surface area is 129 Å². The van der Waals surface area contributed by atoms with Crippen LogP contribution in [0.3, 0.4) is 0 Å². The molecular formula is C16H19NO5. The molecule has 0 spiro atoms. The van der Waals surface area contributed by atoms with Gasteiger partial charge in [-0.05, 0) is 48.7 Å². The summed E-state index contributed by atoms with van der Waals surface area (Å²) in [6, 6.07) is 3.37. The minimum Gasteiger partial charge on any atom is -0.464 e. The Hall–Kier alpha value is -2.63. The summed E-state index contributed by atoms with van der Waals surface area (Å²) >= 11 is 0. The van der Waals surface area contributed by atoms with Crippen molar-refractivity contribution < 1.29 is 23.9 Å². The zero-order valence-corrected chi connectivity index (χ0v) is 13.3. The van der Waals surface area contributed by atoms with Gasteiger partial charge in [0.2, 0.25) is 5.91 Å². The molecule has 0 bridgehead atoms. The van der Waals surface area contributed by atoms with Crippen LogP contribution in [0.15, 0.2) is 17.8 Å². The Bertz CT molecular complexity index is 623. The van der Waals surface area contributed by atoms with Gasteiger partial charge in [0.15, 0.2) is 0 Å². The van der Waals surface area contributed by atoms with Crippen molar-refractivity contribution in [3.8, 4) is 5.75 Å². The van der Waals surface area contributed by atoms with Gasteiger partial charge in [-0.25, -0.2) is 4.79 Å². The number of carbonyl (C=O) groups is 3. The number of aryl methyl sites for hydroxylation is 2. The summed E-state index contributed by atoms with van der Waals surface area (Å²) in [6.07, 6.45) is 1.54. The minimum atomic E-state index is -0.641. The third-order valence-electron chi connectivity index (χ3n) is 2.83. The molecule has 0 aromatic heterocycles. The van der Waals surface area contributed by atoms with Gasteiger partial charge in [0.05, 0.1) is 7.11 Å². The second-order valence-electron chi connectivity index (χ2n) is 4.80. The highest BCUT2D eigenvalue weighted by Gasteiger charge is 2.14. The smallest absolute Gasteiger partial charge is 0.354 e. The molecule has 0 aliphatic carbocycles. The van der Waals surface area contributed by atoms with Crippen LogP contribution in [0.25, 0.3) is 6.08 Å². The van der Waals surface area contributed by atoms with Gasteiger partial charge in [0.1, 0.15) is 11.4 Å². The molecule has 22 heavy (non-hydrogen) atoms. The molecule has 118 valence electrons. The number of benzene rings is 1. The lowest BCUT2D eigenvalue weighted by molar-refractivity contribution is -0.137. The van der Waals surface area contributed by atoms with Crippen molar-refractivity contribution in [1.82, 2.24) is 5.32 Å². The molecule has 1 amide bonds. The number of ether oxygens (including phenoxy) is 2. The largest absolute Gasteiger partial charge is 0.464 e. The van der Waals surface area contributed by atoms with Gasteiger partial charge in [-0.3, -0.25) is 9.59 Å². The topological polar surface area (TPSA) is 81.7 Å². The Kier molecular flexibility index (Phi) is 5.86. The molecule has 6 heteroatoms. The summed E-state index contributed by atoms with van der Waals surface area (Å²) in [5, 5.41) is 2.44. The number of methoxy groups -OCH3 is 1. The van der Waals surface area contributed by atoms with E-state index in [9.17, 15) is 14.4 Å². The molecule has 0 aliphatic heterocycles. The second-order valence-corrected chi connectivity index (χ2v) is 4.80. The number of amides is 1. The first kappa shape index (κ1) is 17.4. The average molecular weight is 305 g/mol. The molecule has 0 atom stereocenters. The number of esters is 2. The Balaban J connectivity index is 3.28. The number of hydrogen-bond donors (Lipinski definition) is 1. The summed E-state index contributed by atoms with van der Waals surface area (Å²) in [5.74, 6) is -0.990. The molecule has 6 nitrogen and oxygen atoms in total. The summed E-state index contributed by atoms with van der Waals surface area (Å²) in [4.78, 5) is 33.9. The fraction of sp³-hybridized carbons (Fsp3) is 0.312. The molecule has 0 saturated carbocycles. The third kappa shape index (κ3) is 4.73. The highest BCUT2D eigenvalue weighted by Crippen LogP contribution is 2.24. The summed E-state index contributed by atoms with van der Waals surface area (Å²) in [7, 11) is 1.24. The first-order valence-corrected chi connectivity index (χ1v) is 6.62. The van der Waals surface area contributed by atoms with E-state index >= 15 is 0 Å². The standard InChI is InChI=1S/C16H19NO5/c1-9-6-13(22-12(4)19)7-10(2)14(9)8-15(16(20)21-5)17-11(3)18/h6-8H,1-5H3,(H,17,18)/b15-8+. The zero-order chi connectivity index (χ0) is 16.9. The molecule has 0 fully saturated rings. The molecule has 1 N–H and O–H groups in total. The van der Waals surface area contributed by atoms with E-state index in [1.54, 1.807) is 12.1 Å². The first-order valence-electron chi connectivity index (χ1n) is 6.62. The van der Waals surface area contributed by atoms with Crippen LogP contribution in [-0.4, -0.2) is 25.0 Å². The molecule has 0 unspecified atom stereocenters. The molecule has 0 saturated heterocycles. The predicted octanol–water partition coefficient (Wildman–Crippen LogP) is 1.88. The van der Waals surface area contributed by atoms with E-state index in [1.165, 1.54) is 27.0 Å². The third-order valence-corrected chi connectivity index (χ3v) is 2.83. The fourth-order valence-corrected chi connectivity index (χ4v) is 1.98. The first-order chi connectivity index (χ1) is 10.2. The van der Waals surface area contributed by atoms with E-state index in [4.69, 9.17) is 4.74 Å². The van der Waals surface area contributed by atoms with Gasteiger partial charge in [-0.1, -0.05) is 0 Å². The van der Waals surface area contributed by atoms with Crippen LogP contribution in [0.2, 0.25) is 0 Å². The van der Waals surface area contributed by atoms with Crippen molar-refractivity contribution in [2.75, 3.05) is 7.11 Å². The number of hydrogen-bond acceptors (Lipinski definition) is 5. The highest BCUT2D eigenvalue weighted by atomic mass is 16.5. The monoisotopic (exact) mass is 305 g/mol. The zero-order valence-electron chi connectivity index (χ0n) is 13.3. The van der Waals surface area contributed by atoms with Crippen LogP contribution in [0.4, 0.5) is 0 Å². The van der Waals surface area contributed by atoms with E-state index in [1.807, 2.05) is 13.8 Å². The molecule has 1 aromatic rings. The lowest BCUT2D eigenvalue weighted by atomic mass is 10.0. The van der Waals surface area contributed by atoms with E-state index in [0.717, 1.165) is 16.7 Å². The minimum absolute atomic E-state index is 0.0430. The summed E-state index contributed by atoms with van der Waals surface area (Å²) < 4.78 is 9.70. The summed E-state index contributed by atoms with van der Waals surface area (Å²) in [5.41, 5.74) is 2.37. The second kappa shape index (κ2) is 7.40.